The van der Waals surface area contributed by atoms with Crippen LogP contribution in [0.15, 0.2) is 30.3 Å². The van der Waals surface area contributed by atoms with Crippen molar-refractivity contribution in [2.45, 2.75) is 19.4 Å². The summed E-state index contributed by atoms with van der Waals surface area (Å²) in [4.78, 5) is 26.0. The van der Waals surface area contributed by atoms with Gasteiger partial charge in [0.2, 0.25) is 5.91 Å². The average Bonchev–Trinajstić information content (AvgIpc) is 3.12. The monoisotopic (exact) mass is 296 g/mol. The molecule has 2 bridgehead atoms. The fraction of sp³-hybridized carbons (Fsp3) is 0.500. The van der Waals surface area contributed by atoms with Crippen LogP contribution in [-0.4, -0.2) is 24.1 Å². The highest BCUT2D eigenvalue weighted by atomic mass is 16.2. The zero-order valence-electron chi connectivity index (χ0n) is 12.7. The molecular weight excluding hydrogens is 276 g/mol. The Hall–Kier alpha value is -2.15. The second-order valence-electron chi connectivity index (χ2n) is 6.55. The Morgan fingerprint density at radius 1 is 1.36 bits per heavy atom. The molecule has 1 aromatic rings. The highest BCUT2D eigenvalue weighted by Gasteiger charge is 2.55. The molecule has 4 heteroatoms. The van der Waals surface area contributed by atoms with E-state index < -0.39 is 0 Å². The van der Waals surface area contributed by atoms with Crippen molar-refractivity contribution < 1.29 is 9.59 Å². The van der Waals surface area contributed by atoms with Gasteiger partial charge in [-0.15, -0.1) is 0 Å². The summed E-state index contributed by atoms with van der Waals surface area (Å²) in [5, 5.41) is 9.26. The van der Waals surface area contributed by atoms with Gasteiger partial charge in [0.15, 0.2) is 0 Å². The molecule has 2 fully saturated rings. The first-order valence-electron chi connectivity index (χ1n) is 7.79. The molecular formula is C18H20N2O2. The molecule has 114 valence electrons. The number of amides is 1. The van der Waals surface area contributed by atoms with Gasteiger partial charge in [-0.25, -0.2) is 0 Å². The first kappa shape index (κ1) is 14.8. The number of hydrogen-bond acceptors (Lipinski definition) is 3. The fourth-order valence-corrected chi connectivity index (χ4v) is 4.28. The van der Waals surface area contributed by atoms with Crippen molar-refractivity contribution in [3.05, 3.63) is 35.9 Å². The number of nitrogens with zero attached hydrogens (tertiary/aromatic N) is 2. The number of rotatable bonds is 4. The molecule has 2 aliphatic carbocycles. The lowest BCUT2D eigenvalue weighted by atomic mass is 9.74. The summed E-state index contributed by atoms with van der Waals surface area (Å²) in [5.41, 5.74) is 1.07. The summed E-state index contributed by atoms with van der Waals surface area (Å²) in [5.74, 6) is -0.314. The molecule has 5 unspecified atom stereocenters. The molecule has 3 rings (SSSR count). The molecule has 5 atom stereocenters. The highest BCUT2D eigenvalue weighted by molar-refractivity contribution is 5.83. The minimum absolute atomic E-state index is 0.00778. The van der Waals surface area contributed by atoms with Crippen molar-refractivity contribution >= 4 is 12.2 Å². The molecule has 0 aromatic heterocycles. The van der Waals surface area contributed by atoms with Crippen LogP contribution in [0.3, 0.4) is 0 Å². The number of aldehydes is 1. The Kier molecular flexibility index (Phi) is 3.98. The van der Waals surface area contributed by atoms with Crippen LogP contribution in [-0.2, 0) is 16.1 Å². The van der Waals surface area contributed by atoms with Gasteiger partial charge in [0.1, 0.15) is 6.29 Å². The van der Waals surface area contributed by atoms with Gasteiger partial charge < -0.3 is 9.69 Å². The summed E-state index contributed by atoms with van der Waals surface area (Å²) in [6, 6.07) is 12.1. The third-order valence-electron chi connectivity index (χ3n) is 5.32. The zero-order valence-corrected chi connectivity index (χ0v) is 12.7. The zero-order chi connectivity index (χ0) is 15.7. The lowest BCUT2D eigenvalue weighted by Crippen LogP contribution is -2.41. The summed E-state index contributed by atoms with van der Waals surface area (Å²) in [6.45, 7) is 0.538. The van der Waals surface area contributed by atoms with Crippen LogP contribution in [0.5, 0.6) is 0 Å². The molecule has 22 heavy (non-hydrogen) atoms. The van der Waals surface area contributed by atoms with E-state index in [1.807, 2.05) is 30.3 Å². The molecule has 1 aromatic carbocycles. The molecule has 4 nitrogen and oxygen atoms in total. The molecule has 0 spiro atoms. The van der Waals surface area contributed by atoms with Crippen LogP contribution in [0.2, 0.25) is 0 Å². The van der Waals surface area contributed by atoms with Gasteiger partial charge in [-0.05, 0) is 30.2 Å². The maximum atomic E-state index is 12.8. The Balaban J connectivity index is 1.76. The number of fused-ring (bicyclic) bond motifs is 2. The third kappa shape index (κ3) is 2.41. The van der Waals surface area contributed by atoms with Gasteiger partial charge in [0, 0.05) is 19.5 Å². The summed E-state index contributed by atoms with van der Waals surface area (Å²) in [6.07, 6.45) is 2.56. The smallest absolute Gasteiger partial charge is 0.226 e. The predicted molar refractivity (Wildman–Crippen MR) is 81.3 cm³/mol. The van der Waals surface area contributed by atoms with Crippen LogP contribution in [0.4, 0.5) is 0 Å². The van der Waals surface area contributed by atoms with Gasteiger partial charge in [-0.2, -0.15) is 5.26 Å². The molecule has 1 amide bonds. The standard InChI is InChI=1S/C18H20N2O2/c1-20(10-12-5-3-2-4-6-12)18(22)17-15-8-13(16(17)11-21)7-14(15)9-19/h2-6,11,13-17H,7-8,10H2,1H3. The van der Waals surface area contributed by atoms with Crippen molar-refractivity contribution in [3.63, 3.8) is 0 Å². The second-order valence-corrected chi connectivity index (χ2v) is 6.55. The van der Waals surface area contributed by atoms with Crippen molar-refractivity contribution in [2.24, 2.45) is 29.6 Å². The molecule has 2 saturated carbocycles. The van der Waals surface area contributed by atoms with Crippen LogP contribution in [0.1, 0.15) is 18.4 Å². The van der Waals surface area contributed by atoms with Crippen molar-refractivity contribution in [2.75, 3.05) is 7.05 Å². The largest absolute Gasteiger partial charge is 0.341 e. The van der Waals surface area contributed by atoms with Gasteiger partial charge in [0.25, 0.3) is 0 Å². The van der Waals surface area contributed by atoms with Crippen molar-refractivity contribution in [1.82, 2.24) is 4.90 Å². The van der Waals surface area contributed by atoms with Crippen LogP contribution in [0, 0.1) is 40.9 Å². The van der Waals surface area contributed by atoms with E-state index in [-0.39, 0.29) is 35.5 Å². The SMILES string of the molecule is CN(Cc1ccccc1)C(=O)C1C(C=O)C2CC(C#N)C1C2. The average molecular weight is 296 g/mol. The summed E-state index contributed by atoms with van der Waals surface area (Å²) < 4.78 is 0. The number of benzene rings is 1. The van der Waals surface area contributed by atoms with E-state index in [2.05, 4.69) is 6.07 Å². The number of hydrogen-bond donors (Lipinski definition) is 0. The predicted octanol–water partition coefficient (Wildman–Crippen LogP) is 2.26. The first-order chi connectivity index (χ1) is 10.7. The summed E-state index contributed by atoms with van der Waals surface area (Å²) >= 11 is 0. The van der Waals surface area contributed by atoms with E-state index in [0.717, 1.165) is 24.7 Å². The first-order valence-corrected chi connectivity index (χ1v) is 7.79. The molecule has 0 radical (unpaired) electrons. The Bertz CT molecular complexity index is 607. The van der Waals surface area contributed by atoms with E-state index in [9.17, 15) is 14.9 Å². The maximum absolute atomic E-state index is 12.8. The summed E-state index contributed by atoms with van der Waals surface area (Å²) in [7, 11) is 1.78. The Labute approximate surface area is 130 Å². The van der Waals surface area contributed by atoms with Gasteiger partial charge in [0.05, 0.1) is 17.9 Å². The minimum Gasteiger partial charge on any atom is -0.341 e. The minimum atomic E-state index is -0.311. The normalized spacial score (nSPS) is 32.5. The van der Waals surface area contributed by atoms with Crippen molar-refractivity contribution in [3.8, 4) is 6.07 Å². The van der Waals surface area contributed by atoms with Gasteiger partial charge in [-0.3, -0.25) is 4.79 Å². The van der Waals surface area contributed by atoms with Crippen LogP contribution in [0.25, 0.3) is 0 Å². The molecule has 0 aliphatic heterocycles. The third-order valence-corrected chi connectivity index (χ3v) is 5.32. The molecule has 2 aliphatic rings. The van der Waals surface area contributed by atoms with Crippen LogP contribution < -0.4 is 0 Å². The Morgan fingerprint density at radius 2 is 2.09 bits per heavy atom. The molecule has 0 heterocycles. The van der Waals surface area contributed by atoms with E-state index in [1.165, 1.54) is 0 Å². The van der Waals surface area contributed by atoms with Crippen LogP contribution >= 0.6 is 0 Å². The highest BCUT2D eigenvalue weighted by Crippen LogP contribution is 2.54. The van der Waals surface area contributed by atoms with Gasteiger partial charge >= 0.3 is 0 Å². The fourth-order valence-electron chi connectivity index (χ4n) is 4.28. The number of carbonyl (C=O) groups excluding carboxylic acids is 2. The topological polar surface area (TPSA) is 61.2 Å². The molecule has 0 N–H and O–H groups in total. The molecule has 0 saturated heterocycles. The van der Waals surface area contributed by atoms with E-state index >= 15 is 0 Å². The quantitative estimate of drug-likeness (QED) is 0.801. The van der Waals surface area contributed by atoms with E-state index in [4.69, 9.17) is 0 Å². The van der Waals surface area contributed by atoms with E-state index in [0.29, 0.717) is 6.54 Å². The number of nitriles is 1. The van der Waals surface area contributed by atoms with Gasteiger partial charge in [-0.1, -0.05) is 30.3 Å². The maximum Gasteiger partial charge on any atom is 0.226 e. The lowest BCUT2D eigenvalue weighted by Gasteiger charge is -2.32. The van der Waals surface area contributed by atoms with Crippen molar-refractivity contribution in [1.29, 1.82) is 5.26 Å². The van der Waals surface area contributed by atoms with E-state index in [1.54, 1.807) is 11.9 Å². The lowest BCUT2D eigenvalue weighted by molar-refractivity contribution is -0.140. The number of carbonyl (C=O) groups is 2. The Morgan fingerprint density at radius 3 is 2.73 bits per heavy atom. The second kappa shape index (κ2) is 5.92.